The summed E-state index contributed by atoms with van der Waals surface area (Å²) < 4.78 is 32.6. The molecule has 1 aliphatic carbocycles. The zero-order valence-electron chi connectivity index (χ0n) is 12.4. The quantitative estimate of drug-likeness (QED) is 0.783. The molecule has 1 fully saturated rings. The normalized spacial score (nSPS) is 17.2. The van der Waals surface area contributed by atoms with Gasteiger partial charge >= 0.3 is 0 Å². The van der Waals surface area contributed by atoms with Crippen LogP contribution in [0.3, 0.4) is 0 Å². The Morgan fingerprint density at radius 3 is 2.62 bits per heavy atom. The first-order valence-corrected chi connectivity index (χ1v) is 8.59. The van der Waals surface area contributed by atoms with Crippen LogP contribution in [-0.4, -0.2) is 33.5 Å². The summed E-state index contributed by atoms with van der Waals surface area (Å²) in [5.74, 6) is -0.0700. The molecular formula is C15H21NO4S. The van der Waals surface area contributed by atoms with E-state index < -0.39 is 10.0 Å². The Balaban J connectivity index is 2.14. The van der Waals surface area contributed by atoms with E-state index in [-0.39, 0.29) is 22.8 Å². The number of benzene rings is 1. The average molecular weight is 311 g/mol. The molecule has 0 heterocycles. The number of sulfonamides is 1. The van der Waals surface area contributed by atoms with Crippen LogP contribution in [0.15, 0.2) is 29.2 Å². The van der Waals surface area contributed by atoms with Crippen LogP contribution < -0.4 is 4.72 Å². The van der Waals surface area contributed by atoms with E-state index in [1.807, 2.05) is 0 Å². The van der Waals surface area contributed by atoms with Gasteiger partial charge in [-0.25, -0.2) is 13.1 Å². The van der Waals surface area contributed by atoms with Gasteiger partial charge in [-0.2, -0.15) is 0 Å². The van der Waals surface area contributed by atoms with E-state index in [1.165, 1.54) is 12.1 Å². The third kappa shape index (κ3) is 3.51. The van der Waals surface area contributed by atoms with Crippen LogP contribution >= 0.6 is 0 Å². The summed E-state index contributed by atoms with van der Waals surface area (Å²) in [6.45, 7) is 2.01. The Kier molecular flexibility index (Phi) is 4.81. The lowest BCUT2D eigenvalue weighted by Crippen LogP contribution is -2.49. The van der Waals surface area contributed by atoms with Crippen molar-refractivity contribution in [3.8, 4) is 0 Å². The third-order valence-electron chi connectivity index (χ3n) is 4.07. The average Bonchev–Trinajstić information content (AvgIpc) is 2.46. The van der Waals surface area contributed by atoms with Gasteiger partial charge in [0.1, 0.15) is 0 Å². The number of rotatable bonds is 7. The highest BCUT2D eigenvalue weighted by atomic mass is 32.2. The number of carbonyl (C=O) groups excluding carboxylic acids is 1. The van der Waals surface area contributed by atoms with Gasteiger partial charge in [-0.3, -0.25) is 4.79 Å². The summed E-state index contributed by atoms with van der Waals surface area (Å²) in [5, 5.41) is 0. The van der Waals surface area contributed by atoms with Crippen LogP contribution in [-0.2, 0) is 14.8 Å². The second kappa shape index (κ2) is 6.25. The molecule has 1 aromatic rings. The molecule has 0 atom stereocenters. The highest BCUT2D eigenvalue weighted by Crippen LogP contribution is 2.34. The van der Waals surface area contributed by atoms with Crippen LogP contribution in [0.1, 0.15) is 43.0 Å². The van der Waals surface area contributed by atoms with Crippen molar-refractivity contribution in [2.45, 2.75) is 43.1 Å². The Bertz CT molecular complexity index is 615. The second-order valence-electron chi connectivity index (χ2n) is 5.37. The maximum atomic E-state index is 12.3. The number of Topliss-reactive ketones (excluding diaryl/α,β-unsaturated/α-hetero) is 1. The van der Waals surface area contributed by atoms with Gasteiger partial charge in [-0.15, -0.1) is 0 Å². The second-order valence-corrected chi connectivity index (χ2v) is 7.14. The Labute approximate surface area is 125 Å². The van der Waals surface area contributed by atoms with E-state index >= 15 is 0 Å². The van der Waals surface area contributed by atoms with E-state index in [1.54, 1.807) is 26.2 Å². The first-order valence-electron chi connectivity index (χ1n) is 7.10. The Morgan fingerprint density at radius 1 is 1.38 bits per heavy atom. The highest BCUT2D eigenvalue weighted by Gasteiger charge is 2.38. The van der Waals surface area contributed by atoms with Crippen molar-refractivity contribution in [2.75, 3.05) is 13.7 Å². The first kappa shape index (κ1) is 16.1. The largest absolute Gasteiger partial charge is 0.377 e. The highest BCUT2D eigenvalue weighted by molar-refractivity contribution is 7.89. The molecule has 1 saturated carbocycles. The zero-order chi connectivity index (χ0) is 15.5. The van der Waals surface area contributed by atoms with Gasteiger partial charge in [0, 0.05) is 25.6 Å². The minimum absolute atomic E-state index is 0.0700. The molecule has 5 nitrogen and oxygen atoms in total. The van der Waals surface area contributed by atoms with Crippen molar-refractivity contribution in [2.24, 2.45) is 0 Å². The van der Waals surface area contributed by atoms with E-state index in [9.17, 15) is 13.2 Å². The molecule has 0 bridgehead atoms. The summed E-state index contributed by atoms with van der Waals surface area (Å²) in [4.78, 5) is 11.8. The van der Waals surface area contributed by atoms with Crippen LogP contribution in [0.4, 0.5) is 0 Å². The fourth-order valence-electron chi connectivity index (χ4n) is 2.37. The van der Waals surface area contributed by atoms with Gasteiger partial charge in [0.2, 0.25) is 10.0 Å². The molecule has 0 aromatic heterocycles. The van der Waals surface area contributed by atoms with Crippen molar-refractivity contribution < 1.29 is 17.9 Å². The van der Waals surface area contributed by atoms with Gasteiger partial charge in [0.25, 0.3) is 0 Å². The van der Waals surface area contributed by atoms with Crippen molar-refractivity contribution in [1.29, 1.82) is 0 Å². The molecule has 0 spiro atoms. The topological polar surface area (TPSA) is 72.5 Å². The minimum Gasteiger partial charge on any atom is -0.377 e. The predicted octanol–water partition coefficient (Wildman–Crippen LogP) is 2.13. The van der Waals surface area contributed by atoms with Crippen LogP contribution in [0.5, 0.6) is 0 Å². The van der Waals surface area contributed by atoms with Gasteiger partial charge in [0.05, 0.1) is 10.5 Å². The molecule has 0 aliphatic heterocycles. The molecular weight excluding hydrogens is 290 g/mol. The molecule has 0 unspecified atom stereocenters. The molecule has 116 valence electrons. The Hall–Kier alpha value is -1.24. The van der Waals surface area contributed by atoms with Crippen molar-refractivity contribution in [3.05, 3.63) is 29.8 Å². The maximum Gasteiger partial charge on any atom is 0.240 e. The lowest BCUT2D eigenvalue weighted by atomic mass is 9.80. The standard InChI is InChI=1S/C15H21NO4S/c1-3-14(17)12-6-4-7-13(10-12)21(18,19)16-11-15(20-2)8-5-9-15/h4,6-7,10,16H,3,5,8-9,11H2,1-2H3. The molecule has 0 radical (unpaired) electrons. The molecule has 1 N–H and O–H groups in total. The fraction of sp³-hybridized carbons (Fsp3) is 0.533. The molecule has 1 aromatic carbocycles. The summed E-state index contributed by atoms with van der Waals surface area (Å²) >= 11 is 0. The number of nitrogens with one attached hydrogen (secondary N) is 1. The number of hydrogen-bond donors (Lipinski definition) is 1. The monoisotopic (exact) mass is 311 g/mol. The van der Waals surface area contributed by atoms with Crippen molar-refractivity contribution in [1.82, 2.24) is 4.72 Å². The molecule has 6 heteroatoms. The summed E-state index contributed by atoms with van der Waals surface area (Å²) in [5.41, 5.74) is 0.0506. The minimum atomic E-state index is -3.63. The SMILES string of the molecule is CCC(=O)c1cccc(S(=O)(=O)NCC2(OC)CCC2)c1. The Morgan fingerprint density at radius 2 is 2.10 bits per heavy atom. The van der Waals surface area contributed by atoms with E-state index in [2.05, 4.69) is 4.72 Å². The summed E-state index contributed by atoms with van der Waals surface area (Å²) in [6, 6.07) is 6.14. The van der Waals surface area contributed by atoms with Gasteiger partial charge in [0.15, 0.2) is 5.78 Å². The molecule has 2 rings (SSSR count). The molecule has 21 heavy (non-hydrogen) atoms. The molecule has 0 saturated heterocycles. The van der Waals surface area contributed by atoms with Crippen LogP contribution in [0.25, 0.3) is 0 Å². The summed E-state index contributed by atoms with van der Waals surface area (Å²) in [6.07, 6.45) is 3.13. The van der Waals surface area contributed by atoms with Crippen molar-refractivity contribution >= 4 is 15.8 Å². The number of methoxy groups -OCH3 is 1. The van der Waals surface area contributed by atoms with Crippen molar-refractivity contribution in [3.63, 3.8) is 0 Å². The number of ether oxygens (including phenoxy) is 1. The van der Waals surface area contributed by atoms with Gasteiger partial charge < -0.3 is 4.74 Å². The summed E-state index contributed by atoms with van der Waals surface area (Å²) in [7, 11) is -2.02. The van der Waals surface area contributed by atoms with Gasteiger partial charge in [-0.1, -0.05) is 19.1 Å². The third-order valence-corrected chi connectivity index (χ3v) is 5.47. The smallest absolute Gasteiger partial charge is 0.240 e. The molecule has 0 amide bonds. The number of hydrogen-bond acceptors (Lipinski definition) is 4. The van der Waals surface area contributed by atoms with E-state index in [4.69, 9.17) is 4.74 Å². The van der Waals surface area contributed by atoms with E-state index in [0.717, 1.165) is 19.3 Å². The zero-order valence-corrected chi connectivity index (χ0v) is 13.2. The van der Waals surface area contributed by atoms with E-state index in [0.29, 0.717) is 12.0 Å². The first-order chi connectivity index (χ1) is 9.92. The fourth-order valence-corrected chi connectivity index (χ4v) is 3.53. The molecule has 1 aliphatic rings. The lowest BCUT2D eigenvalue weighted by Gasteiger charge is -2.40. The predicted molar refractivity (Wildman–Crippen MR) is 79.8 cm³/mol. The van der Waals surface area contributed by atoms with Gasteiger partial charge in [-0.05, 0) is 31.4 Å². The number of ketones is 1. The number of carbonyl (C=O) groups is 1. The maximum absolute atomic E-state index is 12.3. The lowest BCUT2D eigenvalue weighted by molar-refractivity contribution is -0.0659. The van der Waals surface area contributed by atoms with Crippen LogP contribution in [0.2, 0.25) is 0 Å². The van der Waals surface area contributed by atoms with Crippen LogP contribution in [0, 0.1) is 0 Å².